The number of hydrogen-bond acceptors (Lipinski definition) is 7. The summed E-state index contributed by atoms with van der Waals surface area (Å²) in [4.78, 5) is 13.7. The lowest BCUT2D eigenvalue weighted by atomic mass is 10.1. The van der Waals surface area contributed by atoms with E-state index < -0.39 is 16.0 Å². The molecule has 0 saturated heterocycles. The Bertz CT molecular complexity index is 999. The molecular weight excluding hydrogens is 372 g/mol. The second kappa shape index (κ2) is 8.09. The van der Waals surface area contributed by atoms with Crippen molar-refractivity contribution in [2.45, 2.75) is 18.7 Å². The maximum absolute atomic E-state index is 12.4. The lowest BCUT2D eigenvalue weighted by Gasteiger charge is -2.15. The molecule has 2 rings (SSSR count). The van der Waals surface area contributed by atoms with E-state index in [1.165, 1.54) is 32.4 Å². The summed E-state index contributed by atoms with van der Waals surface area (Å²) in [6, 6.07) is 7.90. The van der Waals surface area contributed by atoms with Crippen LogP contribution in [0.3, 0.4) is 0 Å². The van der Waals surface area contributed by atoms with Gasteiger partial charge in [0.2, 0.25) is 0 Å². The van der Waals surface area contributed by atoms with Crippen LogP contribution in [-0.2, 0) is 10.0 Å². The van der Waals surface area contributed by atoms with Gasteiger partial charge in [0, 0.05) is 5.56 Å². The van der Waals surface area contributed by atoms with Crippen molar-refractivity contribution in [1.29, 1.82) is 0 Å². The monoisotopic (exact) mass is 391 g/mol. The van der Waals surface area contributed by atoms with Crippen LogP contribution in [0.25, 0.3) is 0 Å². The van der Waals surface area contributed by atoms with Gasteiger partial charge in [0.1, 0.15) is 0 Å². The number of carbonyl (C=O) groups excluding carboxylic acids is 1. The van der Waals surface area contributed by atoms with Crippen molar-refractivity contribution in [2.75, 3.05) is 14.2 Å². The van der Waals surface area contributed by atoms with Crippen molar-refractivity contribution < 1.29 is 27.8 Å². The van der Waals surface area contributed by atoms with Crippen LogP contribution < -0.4 is 19.4 Å². The minimum Gasteiger partial charge on any atom is -0.545 e. The number of aryl methyl sites for hydroxylation is 2. The normalized spacial score (nSPS) is 11.4. The molecule has 8 nitrogen and oxygen atoms in total. The highest BCUT2D eigenvalue weighted by Gasteiger charge is 2.17. The van der Waals surface area contributed by atoms with E-state index in [4.69, 9.17) is 9.47 Å². The van der Waals surface area contributed by atoms with Gasteiger partial charge in [-0.2, -0.15) is 13.5 Å². The first-order valence-electron chi connectivity index (χ1n) is 7.79. The molecule has 0 bridgehead atoms. The lowest BCUT2D eigenvalue weighted by Crippen LogP contribution is -2.25. The number of hydrogen-bond donors (Lipinski definition) is 1. The van der Waals surface area contributed by atoms with Crippen molar-refractivity contribution in [2.24, 2.45) is 5.10 Å². The van der Waals surface area contributed by atoms with E-state index in [1.54, 1.807) is 26.0 Å². The maximum atomic E-state index is 12.4. The van der Waals surface area contributed by atoms with Crippen LogP contribution in [0, 0.1) is 13.8 Å². The zero-order valence-electron chi connectivity index (χ0n) is 15.3. The Morgan fingerprint density at radius 2 is 1.85 bits per heavy atom. The van der Waals surface area contributed by atoms with Gasteiger partial charge in [0.05, 0.1) is 36.9 Å². The number of nitrogens with one attached hydrogen (secondary N) is 1. The molecular formula is C18H19N2O6S-. The number of benzene rings is 2. The molecule has 0 radical (unpaired) electrons. The van der Waals surface area contributed by atoms with E-state index in [2.05, 4.69) is 9.93 Å². The highest BCUT2D eigenvalue weighted by molar-refractivity contribution is 7.89. The van der Waals surface area contributed by atoms with Gasteiger partial charge in [-0.05, 0) is 43.2 Å². The fraction of sp³-hybridized carbons (Fsp3) is 0.222. The second-order valence-corrected chi connectivity index (χ2v) is 7.30. The summed E-state index contributed by atoms with van der Waals surface area (Å²) in [5.74, 6) is -1.35. The van der Waals surface area contributed by atoms with E-state index in [0.717, 1.165) is 11.8 Å². The average Bonchev–Trinajstić information content (AvgIpc) is 2.62. The summed E-state index contributed by atoms with van der Waals surface area (Å²) in [5, 5.41) is 15.2. The molecule has 0 amide bonds. The molecule has 0 aliphatic rings. The largest absolute Gasteiger partial charge is 0.545 e. The molecule has 27 heavy (non-hydrogen) atoms. The zero-order chi connectivity index (χ0) is 20.2. The quantitative estimate of drug-likeness (QED) is 0.556. The minimum absolute atomic E-state index is 0.0427. The highest BCUT2D eigenvalue weighted by atomic mass is 32.2. The molecule has 0 unspecified atom stereocenters. The predicted octanol–water partition coefficient (Wildman–Crippen LogP) is 0.997. The summed E-state index contributed by atoms with van der Waals surface area (Å²) < 4.78 is 35.0. The summed E-state index contributed by atoms with van der Waals surface area (Å²) in [6.07, 6.45) is 1.07. The van der Waals surface area contributed by atoms with Gasteiger partial charge in [-0.3, -0.25) is 0 Å². The summed E-state index contributed by atoms with van der Waals surface area (Å²) in [5.41, 5.74) is 1.14. The lowest BCUT2D eigenvalue weighted by molar-refractivity contribution is -0.255. The fourth-order valence-electron chi connectivity index (χ4n) is 2.47. The van der Waals surface area contributed by atoms with Gasteiger partial charge in [-0.25, -0.2) is 4.83 Å². The van der Waals surface area contributed by atoms with Crippen LogP contribution in [0.15, 0.2) is 40.3 Å². The number of carboxylic acid groups (broad SMARTS) is 1. The number of methoxy groups -OCH3 is 2. The van der Waals surface area contributed by atoms with E-state index in [9.17, 15) is 18.3 Å². The van der Waals surface area contributed by atoms with E-state index in [0.29, 0.717) is 5.56 Å². The number of aromatic carboxylic acids is 1. The Balaban J connectivity index is 2.38. The fourth-order valence-corrected chi connectivity index (χ4v) is 3.59. The Kier molecular flexibility index (Phi) is 6.06. The third-order valence-electron chi connectivity index (χ3n) is 3.79. The molecule has 144 valence electrons. The van der Waals surface area contributed by atoms with E-state index >= 15 is 0 Å². The Morgan fingerprint density at radius 1 is 1.15 bits per heavy atom. The highest BCUT2D eigenvalue weighted by Crippen LogP contribution is 2.32. The number of carboxylic acids is 1. The third kappa shape index (κ3) is 4.37. The number of rotatable bonds is 7. The molecule has 0 aliphatic heterocycles. The Hall–Kier alpha value is -3.07. The Labute approximate surface area is 157 Å². The SMILES string of the molecule is COc1ccc(/C=N\NS(=O)(=O)c2cc(C)ccc2C)c(C(=O)[O-])c1OC. The molecule has 0 aromatic heterocycles. The van der Waals surface area contributed by atoms with Crippen LogP contribution in [0.1, 0.15) is 27.0 Å². The topological polar surface area (TPSA) is 117 Å². The van der Waals surface area contributed by atoms with Gasteiger partial charge >= 0.3 is 0 Å². The van der Waals surface area contributed by atoms with Gasteiger partial charge in [-0.1, -0.05) is 12.1 Å². The molecule has 0 saturated carbocycles. The van der Waals surface area contributed by atoms with Gasteiger partial charge in [0.25, 0.3) is 10.0 Å². The second-order valence-electron chi connectivity index (χ2n) is 5.67. The molecule has 9 heteroatoms. The number of ether oxygens (including phenoxy) is 2. The average molecular weight is 391 g/mol. The summed E-state index contributed by atoms with van der Waals surface area (Å²) in [6.45, 7) is 3.44. The predicted molar refractivity (Wildman–Crippen MR) is 97.7 cm³/mol. The number of nitrogens with zero attached hydrogens (tertiary/aromatic N) is 1. The third-order valence-corrected chi connectivity index (χ3v) is 5.16. The molecule has 0 heterocycles. The first-order chi connectivity index (χ1) is 12.7. The van der Waals surface area contributed by atoms with Gasteiger partial charge in [-0.15, -0.1) is 0 Å². The molecule has 2 aromatic rings. The smallest absolute Gasteiger partial charge is 0.276 e. The van der Waals surface area contributed by atoms with Gasteiger partial charge in [0.15, 0.2) is 11.5 Å². The molecule has 0 atom stereocenters. The van der Waals surface area contributed by atoms with Crippen molar-refractivity contribution in [3.63, 3.8) is 0 Å². The Morgan fingerprint density at radius 3 is 2.44 bits per heavy atom. The van der Waals surface area contributed by atoms with E-state index in [1.807, 2.05) is 0 Å². The van der Waals surface area contributed by atoms with Crippen molar-refractivity contribution in [1.82, 2.24) is 4.83 Å². The first-order valence-corrected chi connectivity index (χ1v) is 9.28. The number of sulfonamides is 1. The van der Waals surface area contributed by atoms with Crippen molar-refractivity contribution in [3.05, 3.63) is 52.6 Å². The summed E-state index contributed by atoms with van der Waals surface area (Å²) >= 11 is 0. The molecule has 1 N–H and O–H groups in total. The summed E-state index contributed by atoms with van der Waals surface area (Å²) in [7, 11) is -1.26. The molecule has 0 spiro atoms. The number of hydrazone groups is 1. The minimum atomic E-state index is -3.91. The van der Waals surface area contributed by atoms with Crippen LogP contribution in [0.2, 0.25) is 0 Å². The van der Waals surface area contributed by atoms with E-state index in [-0.39, 0.29) is 27.5 Å². The number of carbonyl (C=O) groups is 1. The van der Waals surface area contributed by atoms with Crippen LogP contribution in [-0.4, -0.2) is 34.8 Å². The van der Waals surface area contributed by atoms with Crippen LogP contribution >= 0.6 is 0 Å². The van der Waals surface area contributed by atoms with Gasteiger partial charge < -0.3 is 19.4 Å². The molecule has 0 fully saturated rings. The van der Waals surface area contributed by atoms with Crippen molar-refractivity contribution >= 4 is 22.2 Å². The standard InChI is InChI=1S/C18H20N2O6S/c1-11-5-6-12(2)15(9-11)27(23,24)20-19-10-13-7-8-14(25-3)17(26-4)16(13)18(21)22/h5-10,20H,1-4H3,(H,21,22)/p-1/b19-10-. The maximum Gasteiger partial charge on any atom is 0.276 e. The van der Waals surface area contributed by atoms with Crippen LogP contribution in [0.5, 0.6) is 11.5 Å². The molecule has 0 aliphatic carbocycles. The zero-order valence-corrected chi connectivity index (χ0v) is 16.1. The first kappa shape index (κ1) is 20.2. The van der Waals surface area contributed by atoms with Crippen LogP contribution in [0.4, 0.5) is 0 Å². The van der Waals surface area contributed by atoms with Crippen molar-refractivity contribution in [3.8, 4) is 11.5 Å². The molecule has 2 aromatic carbocycles.